The summed E-state index contributed by atoms with van der Waals surface area (Å²) < 4.78 is 65.8. The molecule has 0 spiro atoms. The van der Waals surface area contributed by atoms with Gasteiger partial charge in [-0.15, -0.1) is 0 Å². The number of sulfonamides is 2. The lowest BCUT2D eigenvalue weighted by atomic mass is 10.3. The van der Waals surface area contributed by atoms with E-state index in [4.69, 9.17) is 9.47 Å². The van der Waals surface area contributed by atoms with Crippen molar-refractivity contribution in [2.75, 3.05) is 25.5 Å². The third kappa shape index (κ3) is 4.80. The van der Waals surface area contributed by atoms with Gasteiger partial charge < -0.3 is 9.47 Å². The van der Waals surface area contributed by atoms with E-state index in [0.29, 0.717) is 24.6 Å². The maximum atomic E-state index is 12.9. The zero-order valence-corrected chi connectivity index (χ0v) is 17.5. The zero-order valence-electron chi connectivity index (χ0n) is 15.9. The molecule has 11 heteroatoms. The van der Waals surface area contributed by atoms with E-state index in [1.807, 2.05) is 0 Å². The van der Waals surface area contributed by atoms with Gasteiger partial charge in [-0.25, -0.2) is 16.8 Å². The van der Waals surface area contributed by atoms with Gasteiger partial charge in [0.05, 0.1) is 24.8 Å². The average molecular weight is 440 g/mol. The molecule has 0 aliphatic carbocycles. The van der Waals surface area contributed by atoms with Crippen molar-refractivity contribution < 1.29 is 26.3 Å². The molecule has 0 fully saturated rings. The number of nitrogens with one attached hydrogen (secondary N) is 2. The quantitative estimate of drug-likeness (QED) is 0.680. The summed E-state index contributed by atoms with van der Waals surface area (Å²) in [6, 6.07) is 9.89. The highest BCUT2D eigenvalue weighted by atomic mass is 32.2. The van der Waals surface area contributed by atoms with E-state index in [1.165, 1.54) is 50.6 Å². The number of rotatable bonds is 7. The van der Waals surface area contributed by atoms with E-state index in [0.717, 1.165) is 6.42 Å². The number of hydrogen-bond acceptors (Lipinski definition) is 7. The molecule has 0 saturated carbocycles. The molecule has 156 valence electrons. The molecule has 2 aromatic carbocycles. The van der Waals surface area contributed by atoms with Crippen LogP contribution >= 0.6 is 0 Å². The summed E-state index contributed by atoms with van der Waals surface area (Å²) in [5.74, 6) is 0.865. The van der Waals surface area contributed by atoms with Crippen molar-refractivity contribution in [3.8, 4) is 11.5 Å². The van der Waals surface area contributed by atoms with Gasteiger partial charge in [0.1, 0.15) is 22.2 Å². The summed E-state index contributed by atoms with van der Waals surface area (Å²) in [6.45, 7) is 0.583. The summed E-state index contributed by atoms with van der Waals surface area (Å²) in [7, 11) is -5.17. The van der Waals surface area contributed by atoms with Gasteiger partial charge in [-0.3, -0.25) is 14.4 Å². The van der Waals surface area contributed by atoms with Crippen molar-refractivity contribution >= 4 is 31.6 Å². The summed E-state index contributed by atoms with van der Waals surface area (Å²) >= 11 is 0. The number of nitrogens with zero attached hydrogens (tertiary/aromatic N) is 1. The molecule has 2 N–H and O–H groups in total. The Labute approximate surface area is 169 Å². The molecule has 3 rings (SSSR count). The Balaban J connectivity index is 1.90. The Morgan fingerprint density at radius 2 is 1.72 bits per heavy atom. The van der Waals surface area contributed by atoms with Crippen LogP contribution in [0, 0.1) is 0 Å². The SMILES string of the molecule is COc1ccc(OC)c(S(=O)(=O)Nc2cccc(S(=O)(=O)NC3=NCCC3)c2)c1. The molecule has 2 aromatic rings. The number of benzene rings is 2. The fourth-order valence-corrected chi connectivity index (χ4v) is 5.14. The Hall–Kier alpha value is -2.79. The highest BCUT2D eigenvalue weighted by molar-refractivity contribution is 7.93. The number of amidine groups is 1. The molecule has 0 unspecified atom stereocenters. The van der Waals surface area contributed by atoms with Gasteiger partial charge in [-0.2, -0.15) is 0 Å². The van der Waals surface area contributed by atoms with Crippen LogP contribution in [-0.4, -0.2) is 43.4 Å². The summed E-state index contributed by atoms with van der Waals surface area (Å²) in [5.41, 5.74) is 0.0890. The standard InChI is InChI=1S/C18H21N3O6S2/c1-26-14-8-9-16(27-2)17(12-14)29(24,25)20-13-5-3-6-15(11-13)28(22,23)21-18-7-4-10-19-18/h3,5-6,8-9,11-12,20H,4,7,10H2,1-2H3,(H,19,21). The maximum Gasteiger partial charge on any atom is 0.265 e. The molecule has 0 aromatic heterocycles. The van der Waals surface area contributed by atoms with Crippen molar-refractivity contribution in [1.82, 2.24) is 4.72 Å². The van der Waals surface area contributed by atoms with Crippen molar-refractivity contribution in [3.63, 3.8) is 0 Å². The second kappa shape index (κ2) is 8.29. The summed E-state index contributed by atoms with van der Waals surface area (Å²) in [4.78, 5) is 3.88. The smallest absolute Gasteiger partial charge is 0.265 e. The first-order chi connectivity index (χ1) is 13.7. The number of ether oxygens (including phenoxy) is 2. The van der Waals surface area contributed by atoms with Gasteiger partial charge in [0.15, 0.2) is 0 Å². The molecule has 1 aliphatic rings. The third-order valence-electron chi connectivity index (χ3n) is 4.18. The molecule has 0 saturated heterocycles. The van der Waals surface area contributed by atoms with Crippen molar-refractivity contribution in [2.45, 2.75) is 22.6 Å². The average Bonchev–Trinajstić information content (AvgIpc) is 3.19. The first-order valence-electron chi connectivity index (χ1n) is 8.66. The van der Waals surface area contributed by atoms with Crippen LogP contribution in [0.1, 0.15) is 12.8 Å². The summed E-state index contributed by atoms with van der Waals surface area (Å²) in [5, 5.41) is 0. The van der Waals surface area contributed by atoms with Crippen LogP contribution in [0.2, 0.25) is 0 Å². The van der Waals surface area contributed by atoms with Gasteiger partial charge in [-0.05, 0) is 36.8 Å². The monoisotopic (exact) mass is 439 g/mol. The van der Waals surface area contributed by atoms with Crippen LogP contribution in [0.25, 0.3) is 0 Å². The lowest BCUT2D eigenvalue weighted by Gasteiger charge is -2.14. The van der Waals surface area contributed by atoms with Crippen molar-refractivity contribution in [1.29, 1.82) is 0 Å². The Bertz CT molecular complexity index is 1140. The van der Waals surface area contributed by atoms with Crippen LogP contribution in [0.5, 0.6) is 11.5 Å². The van der Waals surface area contributed by atoms with E-state index >= 15 is 0 Å². The Morgan fingerprint density at radius 3 is 2.38 bits per heavy atom. The molecule has 1 heterocycles. The van der Waals surface area contributed by atoms with Crippen LogP contribution in [-0.2, 0) is 20.0 Å². The largest absolute Gasteiger partial charge is 0.497 e. The summed E-state index contributed by atoms with van der Waals surface area (Å²) in [6.07, 6.45) is 1.35. The lowest BCUT2D eigenvalue weighted by molar-refractivity contribution is 0.392. The molecule has 0 amide bonds. The molecular formula is C18H21N3O6S2. The van der Waals surface area contributed by atoms with Gasteiger partial charge in [-0.1, -0.05) is 6.07 Å². The molecule has 1 aliphatic heterocycles. The minimum absolute atomic E-state index is 0.0788. The normalized spacial score (nSPS) is 14.2. The second-order valence-corrected chi connectivity index (χ2v) is 9.52. The number of aliphatic imine (C=N–C) groups is 1. The molecule has 0 bridgehead atoms. The first-order valence-corrected chi connectivity index (χ1v) is 11.6. The topological polar surface area (TPSA) is 123 Å². The van der Waals surface area contributed by atoms with Crippen LogP contribution < -0.4 is 18.9 Å². The molecule has 9 nitrogen and oxygen atoms in total. The Morgan fingerprint density at radius 1 is 0.931 bits per heavy atom. The predicted octanol–water partition coefficient (Wildman–Crippen LogP) is 1.98. The second-order valence-electron chi connectivity index (χ2n) is 6.19. The van der Waals surface area contributed by atoms with Crippen LogP contribution in [0.4, 0.5) is 5.69 Å². The lowest BCUT2D eigenvalue weighted by Crippen LogP contribution is -2.29. The molecular weight excluding hydrogens is 418 g/mol. The van der Waals surface area contributed by atoms with E-state index in [9.17, 15) is 16.8 Å². The number of methoxy groups -OCH3 is 2. The van der Waals surface area contributed by atoms with Gasteiger partial charge >= 0.3 is 0 Å². The highest BCUT2D eigenvalue weighted by Crippen LogP contribution is 2.30. The number of hydrogen-bond donors (Lipinski definition) is 2. The minimum Gasteiger partial charge on any atom is -0.497 e. The molecule has 0 atom stereocenters. The third-order valence-corrected chi connectivity index (χ3v) is 6.96. The fraction of sp³-hybridized carbons (Fsp3) is 0.278. The van der Waals surface area contributed by atoms with Gasteiger partial charge in [0.2, 0.25) is 0 Å². The van der Waals surface area contributed by atoms with E-state index in [2.05, 4.69) is 14.4 Å². The van der Waals surface area contributed by atoms with Gasteiger partial charge in [0, 0.05) is 19.0 Å². The molecule has 29 heavy (non-hydrogen) atoms. The predicted molar refractivity (Wildman–Crippen MR) is 109 cm³/mol. The van der Waals surface area contributed by atoms with Crippen molar-refractivity contribution in [3.05, 3.63) is 42.5 Å². The molecule has 0 radical (unpaired) electrons. The van der Waals surface area contributed by atoms with E-state index in [-0.39, 0.29) is 21.2 Å². The van der Waals surface area contributed by atoms with E-state index < -0.39 is 20.0 Å². The van der Waals surface area contributed by atoms with Crippen LogP contribution in [0.3, 0.4) is 0 Å². The fourth-order valence-electron chi connectivity index (χ4n) is 2.77. The van der Waals surface area contributed by atoms with Crippen molar-refractivity contribution in [2.24, 2.45) is 4.99 Å². The highest BCUT2D eigenvalue weighted by Gasteiger charge is 2.23. The zero-order chi connectivity index (χ0) is 21.1. The van der Waals surface area contributed by atoms with Crippen LogP contribution in [0.15, 0.2) is 57.2 Å². The first kappa shape index (κ1) is 20.9. The van der Waals surface area contributed by atoms with Gasteiger partial charge in [0.25, 0.3) is 20.0 Å². The number of anilines is 1. The minimum atomic E-state index is -4.07. The Kier molecular flexibility index (Phi) is 5.99. The maximum absolute atomic E-state index is 12.9. The van der Waals surface area contributed by atoms with E-state index in [1.54, 1.807) is 6.07 Å².